The molecule has 3 heteroatoms. The maximum absolute atomic E-state index is 11.9. The Bertz CT molecular complexity index is 249. The lowest BCUT2D eigenvalue weighted by Crippen LogP contribution is -2.48. The molecule has 2 N–H and O–H groups in total. The summed E-state index contributed by atoms with van der Waals surface area (Å²) in [5, 5.41) is 6.54. The molecule has 1 saturated carbocycles. The van der Waals surface area contributed by atoms with Gasteiger partial charge < -0.3 is 10.6 Å². The topological polar surface area (TPSA) is 41.1 Å². The van der Waals surface area contributed by atoms with Gasteiger partial charge in [0.2, 0.25) is 5.91 Å². The zero-order chi connectivity index (χ0) is 12.9. The summed E-state index contributed by atoms with van der Waals surface area (Å²) in [6.45, 7) is 9.29. The van der Waals surface area contributed by atoms with Gasteiger partial charge in [-0.05, 0) is 40.5 Å². The predicted octanol–water partition coefficient (Wildman–Crippen LogP) is 2.60. The third-order valence-electron chi connectivity index (χ3n) is 3.41. The van der Waals surface area contributed by atoms with E-state index >= 15 is 0 Å². The molecule has 0 aromatic heterocycles. The van der Waals surface area contributed by atoms with Crippen LogP contribution in [0.15, 0.2) is 0 Å². The van der Waals surface area contributed by atoms with Gasteiger partial charge in [-0.2, -0.15) is 0 Å². The molecule has 0 aliphatic heterocycles. The molecule has 1 amide bonds. The van der Waals surface area contributed by atoms with Crippen LogP contribution in [0.1, 0.15) is 66.2 Å². The molecule has 0 aromatic carbocycles. The Hall–Kier alpha value is -0.570. The monoisotopic (exact) mass is 240 g/mol. The second-order valence-electron chi connectivity index (χ2n) is 6.60. The highest BCUT2D eigenvalue weighted by molar-refractivity contribution is 5.76. The van der Waals surface area contributed by atoms with Gasteiger partial charge in [0.25, 0.3) is 0 Å². The standard InChI is InChI=1S/C14H28N2O/c1-13(2,3)15-11-8-12(17)16-14(4)9-6-5-7-10-14/h15H,5-11H2,1-4H3,(H,16,17). The third-order valence-corrected chi connectivity index (χ3v) is 3.41. The van der Waals surface area contributed by atoms with Crippen molar-refractivity contribution in [1.82, 2.24) is 10.6 Å². The summed E-state index contributed by atoms with van der Waals surface area (Å²) in [6, 6.07) is 0. The van der Waals surface area contributed by atoms with Gasteiger partial charge in [-0.15, -0.1) is 0 Å². The first-order valence-electron chi connectivity index (χ1n) is 6.87. The van der Waals surface area contributed by atoms with Crippen LogP contribution in [0.25, 0.3) is 0 Å². The summed E-state index contributed by atoms with van der Waals surface area (Å²) in [5.41, 5.74) is 0.145. The van der Waals surface area contributed by atoms with Crippen molar-refractivity contribution in [3.05, 3.63) is 0 Å². The lowest BCUT2D eigenvalue weighted by atomic mass is 9.83. The molecule has 3 nitrogen and oxygen atoms in total. The molecular formula is C14H28N2O. The minimum Gasteiger partial charge on any atom is -0.351 e. The number of amides is 1. The van der Waals surface area contributed by atoms with Gasteiger partial charge in [-0.25, -0.2) is 0 Å². The molecule has 1 aliphatic rings. The first-order valence-corrected chi connectivity index (χ1v) is 6.87. The minimum absolute atomic E-state index is 0.0526. The van der Waals surface area contributed by atoms with E-state index in [1.165, 1.54) is 19.3 Å². The number of carbonyl (C=O) groups is 1. The molecule has 0 spiro atoms. The van der Waals surface area contributed by atoms with E-state index < -0.39 is 0 Å². The van der Waals surface area contributed by atoms with Gasteiger partial charge in [0, 0.05) is 24.0 Å². The molecule has 0 heterocycles. The van der Waals surface area contributed by atoms with E-state index in [2.05, 4.69) is 38.3 Å². The summed E-state index contributed by atoms with van der Waals surface area (Å²) in [5.74, 6) is 0.186. The van der Waals surface area contributed by atoms with Crippen LogP contribution < -0.4 is 10.6 Å². The molecule has 0 atom stereocenters. The van der Waals surface area contributed by atoms with Gasteiger partial charge in [-0.1, -0.05) is 19.3 Å². The first-order chi connectivity index (χ1) is 7.81. The Kier molecular flexibility index (Phi) is 4.99. The van der Waals surface area contributed by atoms with Gasteiger partial charge in [0.05, 0.1) is 0 Å². The van der Waals surface area contributed by atoms with E-state index in [-0.39, 0.29) is 17.0 Å². The SMILES string of the molecule is CC(C)(C)NCCC(=O)NC1(C)CCCCC1. The third kappa shape index (κ3) is 6.06. The van der Waals surface area contributed by atoms with E-state index in [4.69, 9.17) is 0 Å². The number of hydrogen-bond acceptors (Lipinski definition) is 2. The van der Waals surface area contributed by atoms with Crippen molar-refractivity contribution >= 4 is 5.91 Å². The number of hydrogen-bond donors (Lipinski definition) is 2. The Morgan fingerprint density at radius 2 is 1.76 bits per heavy atom. The molecule has 0 unspecified atom stereocenters. The van der Waals surface area contributed by atoms with Crippen LogP contribution in [-0.2, 0) is 4.79 Å². The molecule has 1 aliphatic carbocycles. The van der Waals surface area contributed by atoms with Crippen LogP contribution in [0.2, 0.25) is 0 Å². The van der Waals surface area contributed by atoms with Gasteiger partial charge >= 0.3 is 0 Å². The molecule has 0 aromatic rings. The quantitative estimate of drug-likeness (QED) is 0.793. The first kappa shape index (κ1) is 14.5. The fourth-order valence-electron chi connectivity index (χ4n) is 2.41. The highest BCUT2D eigenvalue weighted by Crippen LogP contribution is 2.27. The highest BCUT2D eigenvalue weighted by atomic mass is 16.1. The molecule has 100 valence electrons. The fourth-order valence-corrected chi connectivity index (χ4v) is 2.41. The van der Waals surface area contributed by atoms with Crippen molar-refractivity contribution in [1.29, 1.82) is 0 Å². The summed E-state index contributed by atoms with van der Waals surface area (Å²) in [6.07, 6.45) is 6.65. The zero-order valence-electron chi connectivity index (χ0n) is 11.9. The average Bonchev–Trinajstić information content (AvgIpc) is 2.15. The highest BCUT2D eigenvalue weighted by Gasteiger charge is 2.27. The number of rotatable bonds is 4. The summed E-state index contributed by atoms with van der Waals surface area (Å²) < 4.78 is 0. The Morgan fingerprint density at radius 3 is 2.29 bits per heavy atom. The lowest BCUT2D eigenvalue weighted by Gasteiger charge is -2.34. The van der Waals surface area contributed by atoms with Crippen LogP contribution in [0, 0.1) is 0 Å². The summed E-state index contributed by atoms with van der Waals surface area (Å²) >= 11 is 0. The van der Waals surface area contributed by atoms with Crippen LogP contribution in [-0.4, -0.2) is 23.5 Å². The molecule has 17 heavy (non-hydrogen) atoms. The predicted molar refractivity (Wildman–Crippen MR) is 72.0 cm³/mol. The van der Waals surface area contributed by atoms with E-state index in [9.17, 15) is 4.79 Å². The van der Waals surface area contributed by atoms with Gasteiger partial charge in [-0.3, -0.25) is 4.79 Å². The maximum atomic E-state index is 11.9. The van der Waals surface area contributed by atoms with Crippen molar-refractivity contribution < 1.29 is 4.79 Å². The summed E-state index contributed by atoms with van der Waals surface area (Å²) in [7, 11) is 0. The molecule has 1 fully saturated rings. The van der Waals surface area contributed by atoms with Gasteiger partial charge in [0.1, 0.15) is 0 Å². The largest absolute Gasteiger partial charge is 0.351 e. The zero-order valence-corrected chi connectivity index (χ0v) is 11.9. The minimum atomic E-state index is 0.0526. The van der Waals surface area contributed by atoms with Crippen molar-refractivity contribution in [3.8, 4) is 0 Å². The normalized spacial score (nSPS) is 20.0. The number of nitrogens with one attached hydrogen (secondary N) is 2. The van der Waals surface area contributed by atoms with Crippen molar-refractivity contribution in [3.63, 3.8) is 0 Å². The van der Waals surface area contributed by atoms with Crippen LogP contribution in [0.4, 0.5) is 0 Å². The van der Waals surface area contributed by atoms with Crippen molar-refractivity contribution in [2.75, 3.05) is 6.54 Å². The fraction of sp³-hybridized carbons (Fsp3) is 0.929. The van der Waals surface area contributed by atoms with Gasteiger partial charge in [0.15, 0.2) is 0 Å². The van der Waals surface area contributed by atoms with E-state index in [1.807, 2.05) is 0 Å². The Labute approximate surface area is 106 Å². The maximum Gasteiger partial charge on any atom is 0.221 e. The molecule has 1 rings (SSSR count). The van der Waals surface area contributed by atoms with E-state index in [0.717, 1.165) is 19.4 Å². The summed E-state index contributed by atoms with van der Waals surface area (Å²) in [4.78, 5) is 11.9. The molecule has 0 saturated heterocycles. The second kappa shape index (κ2) is 5.85. The second-order valence-corrected chi connectivity index (χ2v) is 6.60. The van der Waals surface area contributed by atoms with Crippen molar-refractivity contribution in [2.24, 2.45) is 0 Å². The number of carbonyl (C=O) groups excluding carboxylic acids is 1. The molecular weight excluding hydrogens is 212 g/mol. The lowest BCUT2D eigenvalue weighted by molar-refractivity contribution is -0.123. The van der Waals surface area contributed by atoms with Crippen molar-refractivity contribution in [2.45, 2.75) is 77.3 Å². The molecule has 0 bridgehead atoms. The average molecular weight is 240 g/mol. The van der Waals surface area contributed by atoms with Crippen LogP contribution in [0.5, 0.6) is 0 Å². The Balaban J connectivity index is 2.24. The van der Waals surface area contributed by atoms with Crippen LogP contribution in [0.3, 0.4) is 0 Å². The Morgan fingerprint density at radius 1 is 1.18 bits per heavy atom. The molecule has 0 radical (unpaired) electrons. The van der Waals surface area contributed by atoms with E-state index in [0.29, 0.717) is 6.42 Å². The smallest absolute Gasteiger partial charge is 0.221 e. The van der Waals surface area contributed by atoms with Crippen LogP contribution >= 0.6 is 0 Å². The van der Waals surface area contributed by atoms with E-state index in [1.54, 1.807) is 0 Å².